The molecule has 4 heterocycles. The van der Waals surface area contributed by atoms with Crippen LogP contribution in [-0.4, -0.2) is 63.9 Å². The van der Waals surface area contributed by atoms with Gasteiger partial charge in [0.2, 0.25) is 0 Å². The number of rotatable bonds is 6. The van der Waals surface area contributed by atoms with E-state index in [-0.39, 0.29) is 11.9 Å². The molecule has 0 atom stereocenters. The van der Waals surface area contributed by atoms with Gasteiger partial charge in [-0.2, -0.15) is 9.61 Å². The van der Waals surface area contributed by atoms with Crippen molar-refractivity contribution < 1.29 is 9.53 Å². The van der Waals surface area contributed by atoms with Gasteiger partial charge < -0.3 is 20.7 Å². The van der Waals surface area contributed by atoms with E-state index in [0.29, 0.717) is 37.7 Å². The molecule has 0 aliphatic carbocycles. The number of fused-ring (bicyclic) bond motifs is 2. The zero-order valence-electron chi connectivity index (χ0n) is 19.6. The number of nitrogens with two attached hydrogens (primary N) is 1. The number of carbonyl (C=O) groups is 1. The van der Waals surface area contributed by atoms with E-state index in [4.69, 9.17) is 15.5 Å². The third-order valence-electron chi connectivity index (χ3n) is 6.52. The van der Waals surface area contributed by atoms with Gasteiger partial charge in [-0.3, -0.25) is 4.98 Å². The van der Waals surface area contributed by atoms with Crippen LogP contribution < -0.4 is 11.1 Å². The molecule has 10 heteroatoms. The van der Waals surface area contributed by atoms with Gasteiger partial charge in [-0.15, -0.1) is 0 Å². The molecular weight excluding hydrogens is 510 g/mol. The minimum absolute atomic E-state index is 0.0246. The van der Waals surface area contributed by atoms with Crippen molar-refractivity contribution in [2.45, 2.75) is 25.2 Å². The fraction of sp³-hybridized carbons (Fsp3) is 0.360. The highest BCUT2D eigenvalue weighted by molar-refractivity contribution is 9.10. The van der Waals surface area contributed by atoms with Gasteiger partial charge in [0.05, 0.1) is 21.9 Å². The average Bonchev–Trinajstić information content (AvgIpc) is 3.32. The zero-order valence-corrected chi connectivity index (χ0v) is 21.2. The normalized spacial score (nSPS) is 14.6. The third-order valence-corrected chi connectivity index (χ3v) is 7.33. The number of carbonyl (C=O) groups excluding carboxylic acids is 1. The van der Waals surface area contributed by atoms with Gasteiger partial charge in [0.15, 0.2) is 5.65 Å². The van der Waals surface area contributed by atoms with E-state index < -0.39 is 0 Å². The van der Waals surface area contributed by atoms with E-state index >= 15 is 0 Å². The Morgan fingerprint density at radius 2 is 2.06 bits per heavy atom. The molecule has 1 aliphatic heterocycles. The van der Waals surface area contributed by atoms with Crippen LogP contribution in [0.2, 0.25) is 0 Å². The number of para-hydroxylation sites is 1. The molecule has 0 saturated carbocycles. The van der Waals surface area contributed by atoms with E-state index in [9.17, 15) is 4.79 Å². The Balaban J connectivity index is 1.38. The van der Waals surface area contributed by atoms with Gasteiger partial charge in [-0.1, -0.05) is 18.2 Å². The maximum Gasteiger partial charge on any atom is 0.317 e. The number of methoxy groups -OCH3 is 1. The summed E-state index contributed by atoms with van der Waals surface area (Å²) in [5.74, 6) is 0.704. The Morgan fingerprint density at radius 1 is 1.26 bits per heavy atom. The summed E-state index contributed by atoms with van der Waals surface area (Å²) in [6, 6.07) is 10.1. The Bertz CT molecular complexity index is 1360. The third kappa shape index (κ3) is 4.68. The number of nitrogen functional groups attached to an aromatic ring is 1. The molecule has 3 aromatic heterocycles. The number of halogens is 1. The largest absolute Gasteiger partial charge is 0.385 e. The molecule has 0 radical (unpaired) electrons. The molecule has 1 aliphatic rings. The molecule has 1 saturated heterocycles. The van der Waals surface area contributed by atoms with Crippen molar-refractivity contribution in [3.8, 4) is 11.1 Å². The first-order valence-corrected chi connectivity index (χ1v) is 12.6. The molecule has 182 valence electrons. The van der Waals surface area contributed by atoms with Gasteiger partial charge >= 0.3 is 6.03 Å². The van der Waals surface area contributed by atoms with E-state index in [2.05, 4.69) is 37.4 Å². The van der Waals surface area contributed by atoms with E-state index in [1.807, 2.05) is 35.4 Å². The first-order valence-electron chi connectivity index (χ1n) is 11.8. The van der Waals surface area contributed by atoms with Gasteiger partial charge in [-0.25, -0.2) is 9.78 Å². The van der Waals surface area contributed by atoms with Gasteiger partial charge in [0.25, 0.3) is 0 Å². The number of likely N-dealkylation sites (tertiary alicyclic amines) is 1. The van der Waals surface area contributed by atoms with Crippen LogP contribution in [0.15, 0.2) is 47.2 Å². The Hall–Kier alpha value is -3.24. The number of benzene rings is 1. The summed E-state index contributed by atoms with van der Waals surface area (Å²) in [7, 11) is 1.66. The standard InChI is InChI=1S/C25H28BrN7O2/c1-35-12-4-9-28-25(34)32-10-7-16(8-11-32)22-21(26)23(27)33-24(31-22)19(15-30-33)18-13-17-5-2-3-6-20(17)29-14-18/h2-3,5-6,13-16H,4,7-12,27H2,1H3,(H,28,34). The minimum atomic E-state index is -0.0246. The van der Waals surface area contributed by atoms with Crippen LogP contribution >= 0.6 is 15.9 Å². The predicted octanol–water partition coefficient (Wildman–Crippen LogP) is 4.21. The fourth-order valence-electron chi connectivity index (χ4n) is 4.59. The van der Waals surface area contributed by atoms with Crippen LogP contribution in [0, 0.1) is 0 Å². The quantitative estimate of drug-likeness (QED) is 0.356. The zero-order chi connectivity index (χ0) is 24.4. The lowest BCUT2D eigenvalue weighted by molar-refractivity contribution is 0.174. The molecule has 2 amide bonds. The van der Waals surface area contributed by atoms with Crippen molar-refractivity contribution in [2.24, 2.45) is 0 Å². The molecule has 0 spiro atoms. The van der Waals surface area contributed by atoms with Crippen LogP contribution in [0.25, 0.3) is 27.7 Å². The summed E-state index contributed by atoms with van der Waals surface area (Å²) in [5.41, 5.74) is 10.9. The maximum absolute atomic E-state index is 12.5. The number of amides is 2. The van der Waals surface area contributed by atoms with Gasteiger partial charge in [0.1, 0.15) is 5.82 Å². The van der Waals surface area contributed by atoms with Crippen LogP contribution in [0.3, 0.4) is 0 Å². The second kappa shape index (κ2) is 10.2. The molecule has 1 fully saturated rings. The number of pyridine rings is 1. The lowest BCUT2D eigenvalue weighted by atomic mass is 9.93. The summed E-state index contributed by atoms with van der Waals surface area (Å²) in [6.45, 7) is 2.58. The first kappa shape index (κ1) is 23.5. The summed E-state index contributed by atoms with van der Waals surface area (Å²) in [4.78, 5) is 24.0. The smallest absolute Gasteiger partial charge is 0.317 e. The van der Waals surface area contributed by atoms with Crippen molar-refractivity contribution in [2.75, 3.05) is 39.1 Å². The number of aromatic nitrogens is 4. The number of nitrogens with one attached hydrogen (secondary N) is 1. The summed E-state index contributed by atoms with van der Waals surface area (Å²) in [6.07, 6.45) is 6.07. The molecule has 0 bridgehead atoms. The number of hydrogen-bond acceptors (Lipinski definition) is 6. The van der Waals surface area contributed by atoms with Crippen molar-refractivity contribution in [3.05, 3.63) is 52.9 Å². The highest BCUT2D eigenvalue weighted by Crippen LogP contribution is 2.37. The average molecular weight is 538 g/mol. The Morgan fingerprint density at radius 3 is 2.86 bits per heavy atom. The minimum Gasteiger partial charge on any atom is -0.385 e. The lowest BCUT2D eigenvalue weighted by Crippen LogP contribution is -2.44. The Labute approximate surface area is 211 Å². The number of hydrogen-bond donors (Lipinski definition) is 2. The van der Waals surface area contributed by atoms with Crippen LogP contribution in [0.1, 0.15) is 30.9 Å². The molecule has 1 aromatic carbocycles. The number of urea groups is 1. The number of anilines is 1. The summed E-state index contributed by atoms with van der Waals surface area (Å²) in [5, 5.41) is 8.52. The monoisotopic (exact) mass is 537 g/mol. The van der Waals surface area contributed by atoms with E-state index in [1.165, 1.54) is 0 Å². The van der Waals surface area contributed by atoms with Crippen molar-refractivity contribution in [1.82, 2.24) is 29.8 Å². The number of ether oxygens (including phenoxy) is 1. The summed E-state index contributed by atoms with van der Waals surface area (Å²) >= 11 is 3.66. The predicted molar refractivity (Wildman–Crippen MR) is 139 cm³/mol. The van der Waals surface area contributed by atoms with Crippen molar-refractivity contribution in [1.29, 1.82) is 0 Å². The SMILES string of the molecule is COCCCNC(=O)N1CCC(c2nc3c(-c4cnc5ccccc5c4)cnn3c(N)c2Br)CC1. The first-order chi connectivity index (χ1) is 17.1. The van der Waals surface area contributed by atoms with Crippen LogP contribution in [0.4, 0.5) is 10.6 Å². The molecule has 3 N–H and O–H groups in total. The molecule has 4 aromatic rings. The van der Waals surface area contributed by atoms with Crippen molar-refractivity contribution in [3.63, 3.8) is 0 Å². The fourth-order valence-corrected chi connectivity index (χ4v) is 5.17. The molecule has 5 rings (SSSR count). The molecule has 35 heavy (non-hydrogen) atoms. The van der Waals surface area contributed by atoms with E-state index in [1.54, 1.807) is 17.8 Å². The highest BCUT2D eigenvalue weighted by atomic mass is 79.9. The van der Waals surface area contributed by atoms with Gasteiger partial charge in [0, 0.05) is 62.0 Å². The highest BCUT2D eigenvalue weighted by Gasteiger charge is 2.28. The second-order valence-electron chi connectivity index (χ2n) is 8.75. The van der Waals surface area contributed by atoms with Crippen molar-refractivity contribution >= 4 is 44.3 Å². The topological polar surface area (TPSA) is 111 Å². The number of piperidine rings is 1. The molecule has 9 nitrogen and oxygen atoms in total. The maximum atomic E-state index is 12.5. The van der Waals surface area contributed by atoms with E-state index in [0.717, 1.165) is 51.5 Å². The van der Waals surface area contributed by atoms with Crippen LogP contribution in [0.5, 0.6) is 0 Å². The molecular formula is C25H28BrN7O2. The lowest BCUT2D eigenvalue weighted by Gasteiger charge is -2.32. The Kier molecular flexibility index (Phi) is 6.83. The second-order valence-corrected chi connectivity index (χ2v) is 9.54. The number of nitrogens with zero attached hydrogens (tertiary/aromatic N) is 5. The van der Waals surface area contributed by atoms with Gasteiger partial charge in [-0.05, 0) is 47.3 Å². The molecule has 0 unspecified atom stereocenters. The summed E-state index contributed by atoms with van der Waals surface area (Å²) < 4.78 is 7.47. The van der Waals surface area contributed by atoms with Crippen LogP contribution in [-0.2, 0) is 4.74 Å².